The van der Waals surface area contributed by atoms with Crippen molar-refractivity contribution in [2.24, 2.45) is 0 Å². The lowest BCUT2D eigenvalue weighted by molar-refractivity contribution is 0.467. The minimum Gasteiger partial charge on any atom is -0.458 e. The number of para-hydroxylation sites is 3. The van der Waals surface area contributed by atoms with Gasteiger partial charge in [-0.3, -0.25) is 0 Å². The molecular weight excluding hydrogens is 855 g/mol. The van der Waals surface area contributed by atoms with Gasteiger partial charge in [-0.1, -0.05) is 237 Å². The lowest BCUT2D eigenvalue weighted by atomic mass is 9.74. The van der Waals surface area contributed by atoms with E-state index in [1.165, 1.54) is 48.9 Å². The Hall–Kier alpha value is -8.83. The molecule has 1 spiro atoms. The number of ether oxygens (including phenoxy) is 2. The average molecular weight is 898 g/mol. The summed E-state index contributed by atoms with van der Waals surface area (Å²) in [4.78, 5) is 4.95. The van der Waals surface area contributed by atoms with Crippen LogP contribution in [0.25, 0.3) is 77.9 Å². The SMILES string of the molecule is c1ccc(-c2c(-c3ccccc3)c(-c3ccccc3)c(-c3ccc(-c4cccc5c4Oc4ncccc4[Si]54c5ccccc5Oc5ccccc54)cc3)c(-c3ccccc3)c2-c2ccccc2)cc1. The van der Waals surface area contributed by atoms with Crippen molar-refractivity contribution in [3.05, 3.63) is 261 Å². The monoisotopic (exact) mass is 897 g/mol. The van der Waals surface area contributed by atoms with E-state index in [0.717, 1.165) is 66.9 Å². The van der Waals surface area contributed by atoms with Crippen LogP contribution >= 0.6 is 0 Å². The molecule has 11 aromatic rings. The Morgan fingerprint density at radius 1 is 0.261 bits per heavy atom. The molecule has 4 heteroatoms. The Labute approximate surface area is 403 Å². The first-order chi connectivity index (χ1) is 34.3. The summed E-state index contributed by atoms with van der Waals surface area (Å²) >= 11 is 0. The number of fused-ring (bicyclic) bond motifs is 8. The van der Waals surface area contributed by atoms with Gasteiger partial charge in [0.1, 0.15) is 17.2 Å². The highest BCUT2D eigenvalue weighted by molar-refractivity contribution is 7.21. The molecule has 0 atom stereocenters. The predicted octanol–water partition coefficient (Wildman–Crippen LogP) is 14.3. The van der Waals surface area contributed by atoms with Crippen molar-refractivity contribution in [2.45, 2.75) is 0 Å². The van der Waals surface area contributed by atoms with Gasteiger partial charge >= 0.3 is 0 Å². The summed E-state index contributed by atoms with van der Waals surface area (Å²) in [7, 11) is -2.99. The van der Waals surface area contributed by atoms with E-state index < -0.39 is 8.07 Å². The van der Waals surface area contributed by atoms with E-state index in [1.54, 1.807) is 0 Å². The van der Waals surface area contributed by atoms with Gasteiger partial charge in [-0.15, -0.1) is 0 Å². The van der Waals surface area contributed by atoms with E-state index in [-0.39, 0.29) is 0 Å². The van der Waals surface area contributed by atoms with Crippen molar-refractivity contribution in [1.29, 1.82) is 0 Å². The Kier molecular flexibility index (Phi) is 9.85. The first kappa shape index (κ1) is 40.4. The van der Waals surface area contributed by atoms with Gasteiger partial charge in [0, 0.05) is 16.9 Å². The molecular formula is C65H43NO2Si. The van der Waals surface area contributed by atoms with E-state index in [0.29, 0.717) is 5.88 Å². The van der Waals surface area contributed by atoms with Crippen LogP contribution in [0.15, 0.2) is 261 Å². The Morgan fingerprint density at radius 3 is 1.04 bits per heavy atom. The van der Waals surface area contributed by atoms with Crippen molar-refractivity contribution >= 4 is 28.8 Å². The molecule has 0 fully saturated rings. The summed E-state index contributed by atoms with van der Waals surface area (Å²) in [6.45, 7) is 0. The zero-order chi connectivity index (χ0) is 45.7. The van der Waals surface area contributed by atoms with E-state index in [2.05, 4.69) is 249 Å². The molecule has 3 heterocycles. The van der Waals surface area contributed by atoms with Gasteiger partial charge < -0.3 is 9.47 Å². The fourth-order valence-corrected chi connectivity index (χ4v) is 16.2. The molecule has 2 aliphatic heterocycles. The van der Waals surface area contributed by atoms with E-state index in [1.807, 2.05) is 12.3 Å². The van der Waals surface area contributed by atoms with Crippen LogP contribution in [0, 0.1) is 0 Å². The van der Waals surface area contributed by atoms with Gasteiger partial charge in [0.25, 0.3) is 0 Å². The molecule has 13 rings (SSSR count). The quantitative estimate of drug-likeness (QED) is 0.149. The topological polar surface area (TPSA) is 31.4 Å². The normalized spacial score (nSPS) is 12.7. The third kappa shape index (κ3) is 6.52. The second-order valence-electron chi connectivity index (χ2n) is 17.6. The fourth-order valence-electron chi connectivity index (χ4n) is 11.1. The van der Waals surface area contributed by atoms with Gasteiger partial charge in [0.2, 0.25) is 5.88 Å². The van der Waals surface area contributed by atoms with Gasteiger partial charge in [-0.05, 0) is 106 Å². The van der Waals surface area contributed by atoms with Crippen molar-refractivity contribution < 1.29 is 9.47 Å². The van der Waals surface area contributed by atoms with Crippen LogP contribution in [-0.2, 0) is 0 Å². The number of nitrogens with zero attached hydrogens (tertiary/aromatic N) is 1. The molecule has 0 N–H and O–H groups in total. The third-order valence-electron chi connectivity index (χ3n) is 13.9. The lowest BCUT2D eigenvalue weighted by Crippen LogP contribution is -2.77. The molecule has 3 nitrogen and oxygen atoms in total. The van der Waals surface area contributed by atoms with Crippen molar-refractivity contribution in [2.75, 3.05) is 0 Å². The van der Waals surface area contributed by atoms with Gasteiger partial charge in [-0.25, -0.2) is 4.98 Å². The molecule has 69 heavy (non-hydrogen) atoms. The molecule has 0 bridgehead atoms. The Morgan fingerprint density at radius 2 is 0.609 bits per heavy atom. The van der Waals surface area contributed by atoms with Gasteiger partial charge in [-0.2, -0.15) is 0 Å². The Bertz CT molecular complexity index is 3520. The number of rotatable bonds is 7. The fraction of sp³-hybridized carbons (Fsp3) is 0. The molecule has 10 aromatic carbocycles. The first-order valence-electron chi connectivity index (χ1n) is 23.5. The summed E-state index contributed by atoms with van der Waals surface area (Å²) in [6, 6.07) is 91.8. The van der Waals surface area contributed by atoms with E-state index in [4.69, 9.17) is 14.5 Å². The predicted molar refractivity (Wildman–Crippen MR) is 286 cm³/mol. The maximum absolute atomic E-state index is 7.06. The molecule has 324 valence electrons. The van der Waals surface area contributed by atoms with Crippen LogP contribution in [0.5, 0.6) is 23.1 Å². The number of benzene rings is 10. The highest BCUT2D eigenvalue weighted by atomic mass is 28.3. The summed E-state index contributed by atoms with van der Waals surface area (Å²) in [5.41, 5.74) is 16.1. The zero-order valence-electron chi connectivity index (χ0n) is 37.6. The number of aromatic nitrogens is 1. The molecule has 0 aliphatic carbocycles. The van der Waals surface area contributed by atoms with Crippen LogP contribution in [0.1, 0.15) is 0 Å². The maximum Gasteiger partial charge on any atom is 0.219 e. The summed E-state index contributed by atoms with van der Waals surface area (Å²) < 4.78 is 13.7. The standard InChI is InChI=1S/C65H43NO2Si/c1-6-22-45(23-7-1)58-59(46-24-8-2-9-25-46)61(48-28-12-4-13-29-48)63(62(49-30-14-5-15-31-49)60(58)47-26-10-3-11-27-47)50-41-39-44(40-42-50)51-32-20-37-56-64(51)68-65-57(38-21-43-66-65)69(56)54-35-18-16-33-52(54)67-53-34-17-19-36-55(53)69/h1-43H. The molecule has 0 amide bonds. The lowest BCUT2D eigenvalue weighted by Gasteiger charge is -2.42. The number of hydrogen-bond acceptors (Lipinski definition) is 3. The zero-order valence-corrected chi connectivity index (χ0v) is 38.6. The molecule has 0 saturated heterocycles. The minimum atomic E-state index is -2.99. The third-order valence-corrected chi connectivity index (χ3v) is 18.7. The van der Waals surface area contributed by atoms with Crippen LogP contribution in [0.4, 0.5) is 0 Å². The summed E-state index contributed by atoms with van der Waals surface area (Å²) in [5.74, 6) is 3.25. The molecule has 1 aromatic heterocycles. The van der Waals surface area contributed by atoms with Crippen molar-refractivity contribution in [3.63, 3.8) is 0 Å². The first-order valence-corrected chi connectivity index (χ1v) is 25.5. The maximum atomic E-state index is 7.06. The van der Waals surface area contributed by atoms with Crippen LogP contribution in [-0.4, -0.2) is 13.1 Å². The minimum absolute atomic E-state index is 0.646. The molecule has 0 unspecified atom stereocenters. The van der Waals surface area contributed by atoms with Crippen LogP contribution < -0.4 is 30.2 Å². The summed E-state index contributed by atoms with van der Waals surface area (Å²) in [5, 5.41) is 4.69. The van der Waals surface area contributed by atoms with Crippen LogP contribution in [0.2, 0.25) is 0 Å². The molecule has 0 saturated carbocycles. The number of hydrogen-bond donors (Lipinski definition) is 0. The van der Waals surface area contributed by atoms with E-state index >= 15 is 0 Å². The van der Waals surface area contributed by atoms with Crippen molar-refractivity contribution in [1.82, 2.24) is 4.98 Å². The Balaban J connectivity index is 1.10. The number of pyridine rings is 1. The van der Waals surface area contributed by atoms with Gasteiger partial charge in [0.15, 0.2) is 8.07 Å². The average Bonchev–Trinajstić information content (AvgIpc) is 3.43. The second kappa shape index (κ2) is 16.8. The largest absolute Gasteiger partial charge is 0.458 e. The van der Waals surface area contributed by atoms with Gasteiger partial charge in [0.05, 0.1) is 0 Å². The highest BCUT2D eigenvalue weighted by Crippen LogP contribution is 2.56. The van der Waals surface area contributed by atoms with Crippen LogP contribution in [0.3, 0.4) is 0 Å². The molecule has 0 radical (unpaired) electrons. The highest BCUT2D eigenvalue weighted by Gasteiger charge is 2.53. The van der Waals surface area contributed by atoms with Crippen molar-refractivity contribution in [3.8, 4) is 101 Å². The second-order valence-corrected chi connectivity index (χ2v) is 21.3. The summed E-state index contributed by atoms with van der Waals surface area (Å²) in [6.07, 6.45) is 1.84. The van der Waals surface area contributed by atoms with E-state index in [9.17, 15) is 0 Å². The smallest absolute Gasteiger partial charge is 0.219 e. The molecule has 2 aliphatic rings.